The molecular weight excluding hydrogens is 662 g/mol. The first-order chi connectivity index (χ1) is 24.5. The van der Waals surface area contributed by atoms with Crippen LogP contribution in [0, 0.1) is 10.8 Å². The van der Waals surface area contributed by atoms with Crippen LogP contribution in [0.1, 0.15) is 59.1 Å². The molecule has 12 heteroatoms. The maximum atomic E-state index is 13.9. The number of nitrogens with zero attached hydrogens (tertiary/aromatic N) is 1. The Balaban J connectivity index is 1.95. The van der Waals surface area contributed by atoms with E-state index < -0.39 is 64.9 Å². The van der Waals surface area contributed by atoms with Gasteiger partial charge in [-0.25, -0.2) is 4.79 Å². The van der Waals surface area contributed by atoms with Crippen LogP contribution in [0.15, 0.2) is 79.0 Å². The number of rotatable bonds is 16. The van der Waals surface area contributed by atoms with Gasteiger partial charge in [0.05, 0.1) is 24.9 Å². The highest BCUT2D eigenvalue weighted by Crippen LogP contribution is 2.24. The lowest BCUT2D eigenvalue weighted by Gasteiger charge is -2.35. The zero-order valence-corrected chi connectivity index (χ0v) is 31.6. The third-order valence-electron chi connectivity index (χ3n) is 8.64. The average molecular weight is 718 g/mol. The molecule has 0 fully saturated rings. The van der Waals surface area contributed by atoms with Crippen molar-refractivity contribution in [3.05, 3.63) is 90.1 Å². The summed E-state index contributed by atoms with van der Waals surface area (Å²) < 4.78 is 9.76. The lowest BCUT2D eigenvalue weighted by Crippen LogP contribution is -2.59. The van der Waals surface area contributed by atoms with E-state index in [4.69, 9.17) is 9.47 Å². The summed E-state index contributed by atoms with van der Waals surface area (Å²) in [5.41, 5.74) is 2.18. The number of aromatic nitrogens is 1. The van der Waals surface area contributed by atoms with Crippen LogP contribution < -0.4 is 21.3 Å². The van der Waals surface area contributed by atoms with Crippen molar-refractivity contribution in [3.63, 3.8) is 0 Å². The number of pyridine rings is 1. The molecule has 0 saturated carbocycles. The predicted molar refractivity (Wildman–Crippen MR) is 200 cm³/mol. The molecule has 0 saturated heterocycles. The number of hydrogen-bond acceptors (Lipinski definition) is 8. The van der Waals surface area contributed by atoms with Crippen LogP contribution in [0.25, 0.3) is 11.3 Å². The smallest absolute Gasteiger partial charge is 0.407 e. The molecule has 0 bridgehead atoms. The van der Waals surface area contributed by atoms with Crippen molar-refractivity contribution in [2.24, 2.45) is 10.8 Å². The number of nitrogens with one attached hydrogen (secondary N) is 4. The summed E-state index contributed by atoms with van der Waals surface area (Å²) in [6.45, 7) is 10.8. The SMILES string of the molecule is COCC(=O)NC(C(=O)NC(Cc1ccccc1)C(O)CC(Cc1ccc(-c2ccccn2)cc1)NC(=O)C(NC(=O)OC)C(C)(C)C)C(C)(C)C. The first-order valence-corrected chi connectivity index (χ1v) is 17.5. The van der Waals surface area contributed by atoms with E-state index in [0.29, 0.717) is 6.42 Å². The highest BCUT2D eigenvalue weighted by molar-refractivity contribution is 5.89. The van der Waals surface area contributed by atoms with Gasteiger partial charge in [0, 0.05) is 24.9 Å². The van der Waals surface area contributed by atoms with Crippen molar-refractivity contribution < 1.29 is 33.8 Å². The Labute approximate surface area is 307 Å². The van der Waals surface area contributed by atoms with Gasteiger partial charge in [0.1, 0.15) is 18.7 Å². The molecule has 0 spiro atoms. The molecule has 282 valence electrons. The molecule has 12 nitrogen and oxygen atoms in total. The number of benzene rings is 2. The Kier molecular flexibility index (Phi) is 15.3. The quantitative estimate of drug-likeness (QED) is 0.147. The molecule has 0 aliphatic rings. The highest BCUT2D eigenvalue weighted by atomic mass is 16.5. The molecule has 5 unspecified atom stereocenters. The second kappa shape index (κ2) is 19.1. The zero-order chi connectivity index (χ0) is 38.5. The summed E-state index contributed by atoms with van der Waals surface area (Å²) in [5.74, 6) is -1.35. The zero-order valence-electron chi connectivity index (χ0n) is 31.6. The Morgan fingerprint density at radius 3 is 1.85 bits per heavy atom. The third kappa shape index (κ3) is 13.1. The minimum atomic E-state index is -1.14. The standard InChI is InChI=1S/C40H55N5O7/c1-39(2,3)34(44-33(47)25-51-7)37(49)43-31(23-26-14-10-9-11-15-26)32(46)24-29(42-36(48)35(40(4,5)6)45-38(50)52-8)22-27-17-19-28(20-18-27)30-16-12-13-21-41-30/h9-21,29,31-32,34-35,46H,22-25H2,1-8H3,(H,42,48)(H,43,49)(H,44,47)(H,45,50). The number of ether oxygens (including phenoxy) is 2. The molecular formula is C40H55N5O7. The van der Waals surface area contributed by atoms with Gasteiger partial charge in [-0.05, 0) is 53.4 Å². The fourth-order valence-corrected chi connectivity index (χ4v) is 5.84. The number of carbonyl (C=O) groups is 4. The summed E-state index contributed by atoms with van der Waals surface area (Å²) in [5, 5.41) is 23.4. The van der Waals surface area contributed by atoms with Gasteiger partial charge in [-0.1, -0.05) is 102 Å². The monoisotopic (exact) mass is 717 g/mol. The van der Waals surface area contributed by atoms with E-state index in [1.807, 2.05) is 114 Å². The van der Waals surface area contributed by atoms with Crippen LogP contribution in [0.2, 0.25) is 0 Å². The van der Waals surface area contributed by atoms with E-state index >= 15 is 0 Å². The van der Waals surface area contributed by atoms with Crippen molar-refractivity contribution >= 4 is 23.8 Å². The van der Waals surface area contributed by atoms with Gasteiger partial charge in [0.15, 0.2) is 0 Å². The van der Waals surface area contributed by atoms with E-state index in [1.54, 1.807) is 6.20 Å². The molecule has 3 aromatic rings. The van der Waals surface area contributed by atoms with Gasteiger partial charge >= 0.3 is 6.09 Å². The molecule has 5 atom stereocenters. The Bertz CT molecular complexity index is 1590. The molecule has 4 amide bonds. The number of amides is 4. The van der Waals surface area contributed by atoms with Crippen molar-refractivity contribution in [2.45, 2.75) is 91.1 Å². The van der Waals surface area contributed by atoms with Gasteiger partial charge < -0.3 is 35.8 Å². The van der Waals surface area contributed by atoms with E-state index in [1.165, 1.54) is 14.2 Å². The van der Waals surface area contributed by atoms with Crippen molar-refractivity contribution in [2.75, 3.05) is 20.8 Å². The first kappa shape index (κ1) is 41.6. The van der Waals surface area contributed by atoms with Crippen molar-refractivity contribution in [3.8, 4) is 11.3 Å². The van der Waals surface area contributed by atoms with E-state index in [0.717, 1.165) is 22.4 Å². The Hall–Kier alpha value is -4.81. The van der Waals surface area contributed by atoms with Gasteiger partial charge in [-0.3, -0.25) is 19.4 Å². The lowest BCUT2D eigenvalue weighted by molar-refractivity contribution is -0.134. The molecule has 0 aliphatic heterocycles. The highest BCUT2D eigenvalue weighted by Gasteiger charge is 2.37. The predicted octanol–water partition coefficient (Wildman–Crippen LogP) is 4.20. The molecule has 5 N–H and O–H groups in total. The van der Waals surface area contributed by atoms with E-state index in [-0.39, 0.29) is 19.4 Å². The molecule has 0 radical (unpaired) electrons. The molecule has 1 aromatic heterocycles. The van der Waals surface area contributed by atoms with Gasteiger partial charge in [-0.15, -0.1) is 0 Å². The van der Waals surface area contributed by atoms with Crippen LogP contribution in [-0.2, 0) is 36.7 Å². The van der Waals surface area contributed by atoms with Crippen LogP contribution in [-0.4, -0.2) is 85.0 Å². The molecule has 0 aliphatic carbocycles. The average Bonchev–Trinajstić information content (AvgIpc) is 3.09. The second-order valence-corrected chi connectivity index (χ2v) is 15.2. The second-order valence-electron chi connectivity index (χ2n) is 15.2. The van der Waals surface area contributed by atoms with E-state index in [9.17, 15) is 24.3 Å². The topological polar surface area (TPSA) is 168 Å². The number of methoxy groups -OCH3 is 2. The summed E-state index contributed by atoms with van der Waals surface area (Å²) in [6.07, 6.45) is 0.519. The molecule has 3 rings (SSSR count). The maximum absolute atomic E-state index is 13.9. The number of alkyl carbamates (subject to hydrolysis) is 1. The minimum Gasteiger partial charge on any atom is -0.453 e. The number of carbonyl (C=O) groups excluding carboxylic acids is 4. The number of aliphatic hydroxyl groups excluding tert-OH is 1. The summed E-state index contributed by atoms with van der Waals surface area (Å²) in [7, 11) is 2.63. The Morgan fingerprint density at radius 1 is 0.712 bits per heavy atom. The van der Waals surface area contributed by atoms with E-state index in [2.05, 4.69) is 26.3 Å². The van der Waals surface area contributed by atoms with Crippen LogP contribution in [0.4, 0.5) is 4.79 Å². The first-order valence-electron chi connectivity index (χ1n) is 17.5. The largest absolute Gasteiger partial charge is 0.453 e. The number of aliphatic hydroxyl groups is 1. The summed E-state index contributed by atoms with van der Waals surface area (Å²) in [6, 6.07) is 19.6. The van der Waals surface area contributed by atoms with Gasteiger partial charge in [0.25, 0.3) is 0 Å². The Morgan fingerprint density at radius 2 is 1.29 bits per heavy atom. The molecule has 2 aromatic carbocycles. The summed E-state index contributed by atoms with van der Waals surface area (Å²) >= 11 is 0. The van der Waals surface area contributed by atoms with Gasteiger partial charge in [-0.2, -0.15) is 0 Å². The van der Waals surface area contributed by atoms with Gasteiger partial charge in [0.2, 0.25) is 17.7 Å². The van der Waals surface area contributed by atoms with Crippen molar-refractivity contribution in [1.82, 2.24) is 26.3 Å². The van der Waals surface area contributed by atoms with Crippen molar-refractivity contribution in [1.29, 1.82) is 0 Å². The fraction of sp³-hybridized carbons (Fsp3) is 0.475. The summed E-state index contributed by atoms with van der Waals surface area (Å²) in [4.78, 5) is 56.9. The molecule has 52 heavy (non-hydrogen) atoms. The normalized spacial score (nSPS) is 14.6. The maximum Gasteiger partial charge on any atom is 0.407 e. The van der Waals surface area contributed by atoms with Crippen LogP contribution >= 0.6 is 0 Å². The van der Waals surface area contributed by atoms with Crippen LogP contribution in [0.3, 0.4) is 0 Å². The number of hydrogen-bond donors (Lipinski definition) is 5. The molecule has 1 heterocycles. The van der Waals surface area contributed by atoms with Crippen LogP contribution in [0.5, 0.6) is 0 Å². The lowest BCUT2D eigenvalue weighted by atomic mass is 9.85. The minimum absolute atomic E-state index is 0.0524. The fourth-order valence-electron chi connectivity index (χ4n) is 5.84. The third-order valence-corrected chi connectivity index (χ3v) is 8.64.